The van der Waals surface area contributed by atoms with E-state index >= 15 is 0 Å². The highest BCUT2D eigenvalue weighted by Gasteiger charge is 2.17. The Balaban J connectivity index is 1.56. The van der Waals surface area contributed by atoms with Crippen LogP contribution in [-0.4, -0.2) is 0 Å². The van der Waals surface area contributed by atoms with Gasteiger partial charge in [-0.05, 0) is 83.8 Å². The second kappa shape index (κ2) is 9.66. The Kier molecular flexibility index (Phi) is 2.23. The van der Waals surface area contributed by atoms with Crippen LogP contribution >= 0.6 is 11.3 Å². The lowest BCUT2D eigenvalue weighted by Gasteiger charge is -2.18. The van der Waals surface area contributed by atoms with E-state index in [9.17, 15) is 15.1 Å². The molecule has 0 unspecified atom stereocenters. The molecule has 0 bridgehead atoms. The van der Waals surface area contributed by atoms with Gasteiger partial charge in [0.2, 0.25) is 0 Å². The minimum atomic E-state index is -1.06. The van der Waals surface area contributed by atoms with Gasteiger partial charge in [-0.2, -0.15) is 0 Å². The van der Waals surface area contributed by atoms with Gasteiger partial charge in [-0.15, -0.1) is 11.3 Å². The van der Waals surface area contributed by atoms with Crippen LogP contribution in [0.2, 0.25) is 0 Å². The molecular weight excluding hydrogens is 537 g/mol. The number of rotatable bonds is 3. The zero-order chi connectivity index (χ0) is 51.0. The second-order valence-electron chi connectivity index (χ2n) is 9.26. The largest absolute Gasteiger partial charge is 0.135 e. The molecule has 1 heteroatoms. The van der Waals surface area contributed by atoms with Crippen LogP contribution < -0.4 is 0 Å². The Labute approximate surface area is 290 Å². The van der Waals surface area contributed by atoms with E-state index in [0.717, 1.165) is 0 Å². The van der Waals surface area contributed by atoms with Gasteiger partial charge in [0.05, 0.1) is 35.6 Å². The lowest BCUT2D eigenvalue weighted by Crippen LogP contribution is -1.91. The molecule has 9 rings (SSSR count). The fourth-order valence-electron chi connectivity index (χ4n) is 5.12. The van der Waals surface area contributed by atoms with E-state index in [2.05, 4.69) is 0 Å². The molecule has 0 spiro atoms. The first-order valence-electron chi connectivity index (χ1n) is 25.7. The average molecular weight is 589 g/mol. The van der Waals surface area contributed by atoms with Crippen LogP contribution in [0.1, 0.15) is 35.6 Å². The van der Waals surface area contributed by atoms with Crippen LogP contribution in [0.3, 0.4) is 0 Å². The lowest BCUT2D eigenvalue weighted by molar-refractivity contribution is 1.63. The van der Waals surface area contributed by atoms with Crippen molar-refractivity contribution in [3.63, 3.8) is 0 Å². The first-order chi connectivity index (χ1) is 32.2. The summed E-state index contributed by atoms with van der Waals surface area (Å²) >= 11 is 0.694. The van der Waals surface area contributed by atoms with Crippen LogP contribution in [-0.2, 0) is 0 Å². The predicted octanol–water partition coefficient (Wildman–Crippen LogP) is 12.5. The Hall–Kier alpha value is -5.24. The van der Waals surface area contributed by atoms with Crippen molar-refractivity contribution >= 4 is 63.8 Å². The summed E-state index contributed by atoms with van der Waals surface area (Å²) in [7, 11) is 0. The van der Waals surface area contributed by atoms with Gasteiger partial charge in [0.15, 0.2) is 0 Å². The molecule has 0 N–H and O–H groups in total. The monoisotopic (exact) mass is 588 g/mol. The van der Waals surface area contributed by atoms with E-state index in [1.165, 1.54) is 0 Å². The number of hydrogen-bond donors (Lipinski definition) is 0. The van der Waals surface area contributed by atoms with Crippen molar-refractivity contribution in [2.24, 2.45) is 0 Å². The maximum Gasteiger partial charge on any atom is 0.0638 e. The summed E-state index contributed by atoms with van der Waals surface area (Å²) in [6.07, 6.45) is 0. The Bertz CT molecular complexity index is 3850. The zero-order valence-corrected chi connectivity index (χ0v) is 22.2. The Morgan fingerprint density at radius 1 is 0.349 bits per heavy atom. The van der Waals surface area contributed by atoms with Crippen molar-refractivity contribution in [2.75, 3.05) is 0 Å². The summed E-state index contributed by atoms with van der Waals surface area (Å²) in [4.78, 5) is 0. The van der Waals surface area contributed by atoms with Gasteiger partial charge in [-0.25, -0.2) is 0 Å². The van der Waals surface area contributed by atoms with E-state index in [0.29, 0.717) is 11.3 Å². The second-order valence-corrected chi connectivity index (χ2v) is 10.3. The molecule has 0 aliphatic carbocycles. The predicted molar refractivity (Wildman–Crippen MR) is 188 cm³/mol. The molecule has 1 heterocycles. The highest BCUT2D eigenvalue weighted by molar-refractivity contribution is 7.25. The van der Waals surface area contributed by atoms with Crippen molar-refractivity contribution < 1.29 is 35.6 Å². The minimum absolute atomic E-state index is 0.0873. The van der Waals surface area contributed by atoms with Crippen molar-refractivity contribution in [2.45, 2.75) is 0 Å². The van der Waals surface area contributed by atoms with E-state index in [1.54, 1.807) is 0 Å². The van der Waals surface area contributed by atoms with Crippen LogP contribution in [0, 0.1) is 0 Å². The third-order valence-electron chi connectivity index (χ3n) is 6.95. The molecule has 0 saturated heterocycles. The standard InChI is InChI=1S/C42H26S/c1-2-12-31-27(10-1)11-9-18-32(31)28-20-22-29(23-21-28)41-34-14-3-5-16-36(34)42(37-17-6-4-15-35(37)41)30-24-25-40-38(26-30)33-13-7-8-19-39(33)43-40/h1-26H/i1D,2D,3D,4D,5D,6D,7D,8D,9D,10D,11D,12D,13D,14D,15D,16D,17D,18D,19D,20D,21D,22D,23D,24D,25D,26D. The first-order valence-corrected chi connectivity index (χ1v) is 13.5. The molecule has 8 aromatic carbocycles. The van der Waals surface area contributed by atoms with Crippen molar-refractivity contribution in [3.05, 3.63) is 157 Å². The van der Waals surface area contributed by atoms with Crippen LogP contribution in [0.15, 0.2) is 157 Å². The van der Waals surface area contributed by atoms with Crippen molar-refractivity contribution in [1.82, 2.24) is 0 Å². The molecule has 0 saturated carbocycles. The van der Waals surface area contributed by atoms with Gasteiger partial charge in [0, 0.05) is 20.2 Å². The molecular formula is C42H26S. The summed E-state index contributed by atoms with van der Waals surface area (Å²) in [5.41, 5.74) is -4.31. The van der Waals surface area contributed by atoms with Gasteiger partial charge in [-0.3, -0.25) is 0 Å². The lowest BCUT2D eigenvalue weighted by atomic mass is 9.85. The smallest absolute Gasteiger partial charge is 0.0638 e. The van der Waals surface area contributed by atoms with E-state index < -0.39 is 223 Å². The maximum absolute atomic E-state index is 9.67. The number of hydrogen-bond acceptors (Lipinski definition) is 1. The Morgan fingerprint density at radius 2 is 0.837 bits per heavy atom. The summed E-state index contributed by atoms with van der Waals surface area (Å²) < 4.78 is 232. The molecule has 0 aliphatic rings. The summed E-state index contributed by atoms with van der Waals surface area (Å²) in [6, 6.07) is -22.4. The average Bonchev–Trinajstić information content (AvgIpc) is 3.73. The van der Waals surface area contributed by atoms with Gasteiger partial charge >= 0.3 is 0 Å². The summed E-state index contributed by atoms with van der Waals surface area (Å²) in [5, 5.41) is -4.39. The van der Waals surface area contributed by atoms with Crippen LogP contribution in [0.4, 0.5) is 0 Å². The van der Waals surface area contributed by atoms with Crippen molar-refractivity contribution in [3.8, 4) is 33.4 Å². The molecule has 0 aliphatic heterocycles. The number of fused-ring (bicyclic) bond motifs is 6. The summed E-state index contributed by atoms with van der Waals surface area (Å²) in [5.74, 6) is 0. The summed E-state index contributed by atoms with van der Waals surface area (Å²) in [6.45, 7) is 0. The molecule has 200 valence electrons. The normalized spacial score (nSPS) is 20.2. The quantitative estimate of drug-likeness (QED) is 0.180. The molecule has 0 amide bonds. The van der Waals surface area contributed by atoms with E-state index in [1.807, 2.05) is 0 Å². The van der Waals surface area contributed by atoms with Crippen LogP contribution in [0.25, 0.3) is 85.9 Å². The SMILES string of the molecule is [2H]c1c([2H])c(-c2c3c([2H])c([2H])c([2H])c([2H])c3c(-c3c([2H])c([2H])c4sc5c([2H])c([2H])c([2H])c([2H])c5c4c3[2H])c3c([2H])c([2H])c([2H])c([2H])c23)c([2H])c([2H])c1-c1c([2H])c([2H])c([2H])c2c([2H])c([2H])c([2H])c([2H])c12. The van der Waals surface area contributed by atoms with Gasteiger partial charge in [0.1, 0.15) is 0 Å². The minimum Gasteiger partial charge on any atom is -0.135 e. The van der Waals surface area contributed by atoms with Gasteiger partial charge in [0.25, 0.3) is 0 Å². The van der Waals surface area contributed by atoms with Crippen molar-refractivity contribution in [1.29, 1.82) is 0 Å². The third kappa shape index (κ3) is 3.82. The molecule has 1 aromatic heterocycles. The first kappa shape index (κ1) is 9.91. The van der Waals surface area contributed by atoms with Crippen LogP contribution in [0.5, 0.6) is 0 Å². The molecule has 43 heavy (non-hydrogen) atoms. The van der Waals surface area contributed by atoms with Gasteiger partial charge in [-0.1, -0.05) is 139 Å². The Morgan fingerprint density at radius 3 is 1.53 bits per heavy atom. The fraction of sp³-hybridized carbons (Fsp3) is 0. The van der Waals surface area contributed by atoms with Gasteiger partial charge < -0.3 is 0 Å². The third-order valence-corrected chi connectivity index (χ3v) is 7.97. The molecule has 0 fully saturated rings. The zero-order valence-electron chi connectivity index (χ0n) is 47.4. The molecule has 0 nitrogen and oxygen atoms in total. The number of benzene rings is 8. The fourth-order valence-corrected chi connectivity index (χ4v) is 6.03. The topological polar surface area (TPSA) is 0 Å². The number of thiophene rings is 1. The van der Waals surface area contributed by atoms with E-state index in [4.69, 9.17) is 20.6 Å². The molecule has 9 aromatic rings. The highest BCUT2D eigenvalue weighted by Crippen LogP contribution is 2.45. The molecule has 0 radical (unpaired) electrons. The maximum atomic E-state index is 9.67. The molecule has 0 atom stereocenters. The highest BCUT2D eigenvalue weighted by atomic mass is 32.1. The van der Waals surface area contributed by atoms with E-state index in [-0.39, 0.29) is 20.2 Å².